The predicted molar refractivity (Wildman–Crippen MR) is 88.6 cm³/mol. The van der Waals surface area contributed by atoms with Crippen LogP contribution in [-0.2, 0) is 32.4 Å². The average molecular weight is 370 g/mol. The van der Waals surface area contributed by atoms with E-state index in [1.807, 2.05) is 12.1 Å². The topological polar surface area (TPSA) is 92.4 Å². The Labute approximate surface area is 144 Å². The first-order valence-corrected chi connectivity index (χ1v) is 9.15. The minimum absolute atomic E-state index is 0.0205. The Morgan fingerprint density at radius 3 is 2.92 bits per heavy atom. The fourth-order valence-electron chi connectivity index (χ4n) is 2.74. The molecular formula is C15H16ClN3O4S. The summed E-state index contributed by atoms with van der Waals surface area (Å²) in [6, 6.07) is 5.39. The van der Waals surface area contributed by atoms with Gasteiger partial charge in [0.25, 0.3) is 10.0 Å². The van der Waals surface area contributed by atoms with Gasteiger partial charge < -0.3 is 4.74 Å². The summed E-state index contributed by atoms with van der Waals surface area (Å²) in [7, 11) is -2.50. The largest absolute Gasteiger partial charge is 0.469 e. The van der Waals surface area contributed by atoms with Gasteiger partial charge in [0, 0.05) is 6.54 Å². The molecule has 1 aromatic heterocycles. The van der Waals surface area contributed by atoms with E-state index in [4.69, 9.17) is 11.6 Å². The Bertz CT molecular complexity index is 879. The van der Waals surface area contributed by atoms with Gasteiger partial charge >= 0.3 is 5.97 Å². The fourth-order valence-corrected chi connectivity index (χ4v) is 4.63. The quantitative estimate of drug-likeness (QED) is 0.831. The number of anilines is 1. The highest BCUT2D eigenvalue weighted by atomic mass is 35.5. The van der Waals surface area contributed by atoms with Crippen molar-refractivity contribution in [1.82, 2.24) is 10.2 Å². The van der Waals surface area contributed by atoms with Crippen molar-refractivity contribution in [1.29, 1.82) is 0 Å². The van der Waals surface area contributed by atoms with E-state index in [2.05, 4.69) is 14.9 Å². The molecule has 128 valence electrons. The highest BCUT2D eigenvalue weighted by Crippen LogP contribution is 2.34. The van der Waals surface area contributed by atoms with Crippen LogP contribution in [0, 0.1) is 0 Å². The minimum Gasteiger partial charge on any atom is -0.469 e. The Kier molecular flexibility index (Phi) is 4.51. The van der Waals surface area contributed by atoms with E-state index in [-0.39, 0.29) is 22.4 Å². The van der Waals surface area contributed by atoms with Crippen molar-refractivity contribution in [2.75, 3.05) is 18.0 Å². The van der Waals surface area contributed by atoms with Crippen LogP contribution in [-0.4, -0.2) is 38.2 Å². The molecule has 0 unspecified atom stereocenters. The third-order valence-electron chi connectivity index (χ3n) is 3.93. The number of aromatic amines is 1. The van der Waals surface area contributed by atoms with Crippen molar-refractivity contribution < 1.29 is 17.9 Å². The van der Waals surface area contributed by atoms with Gasteiger partial charge in [-0.05, 0) is 30.0 Å². The van der Waals surface area contributed by atoms with Crippen LogP contribution in [0.2, 0.25) is 5.15 Å². The number of esters is 1. The second-order valence-corrected chi connectivity index (χ2v) is 7.65. The van der Waals surface area contributed by atoms with Crippen LogP contribution >= 0.6 is 11.6 Å². The molecule has 0 spiro atoms. The standard InChI is InChI=1S/C15H16ClN3O4S/c1-23-14(20)8-10-4-5-11-3-2-6-19(12(11)7-10)24(21,22)13-9-17-18-15(13)16/h4-5,7,9H,2-3,6,8H2,1H3,(H,17,18). The zero-order valence-electron chi connectivity index (χ0n) is 13.0. The van der Waals surface area contributed by atoms with Gasteiger partial charge in [0.15, 0.2) is 0 Å². The Morgan fingerprint density at radius 2 is 2.25 bits per heavy atom. The normalized spacial score (nSPS) is 14.3. The van der Waals surface area contributed by atoms with Crippen LogP contribution in [0.3, 0.4) is 0 Å². The Hall–Kier alpha value is -2.06. The number of hydrogen-bond acceptors (Lipinski definition) is 5. The number of sulfonamides is 1. The van der Waals surface area contributed by atoms with Gasteiger partial charge in [-0.2, -0.15) is 5.10 Å². The average Bonchev–Trinajstić information content (AvgIpc) is 3.01. The zero-order chi connectivity index (χ0) is 17.3. The summed E-state index contributed by atoms with van der Waals surface area (Å²) < 4.78 is 31.8. The first kappa shape index (κ1) is 16.8. The third kappa shape index (κ3) is 2.99. The number of rotatable bonds is 4. The summed E-state index contributed by atoms with van der Waals surface area (Å²) in [5.74, 6) is -0.377. The van der Waals surface area contributed by atoms with Crippen molar-refractivity contribution in [3.63, 3.8) is 0 Å². The minimum atomic E-state index is -3.82. The summed E-state index contributed by atoms with van der Waals surface area (Å²) in [6.45, 7) is 0.346. The summed E-state index contributed by atoms with van der Waals surface area (Å²) in [5.41, 5.74) is 2.18. The number of carbonyl (C=O) groups excluding carboxylic acids is 1. The fraction of sp³-hybridized carbons (Fsp3) is 0.333. The maximum atomic E-state index is 12.9. The highest BCUT2D eigenvalue weighted by Gasteiger charge is 2.32. The van der Waals surface area contributed by atoms with Gasteiger partial charge in [-0.1, -0.05) is 23.7 Å². The SMILES string of the molecule is COC(=O)Cc1ccc2c(c1)N(S(=O)(=O)c1cn[nH]c1Cl)CCC2. The second-order valence-electron chi connectivity index (χ2n) is 5.44. The van der Waals surface area contributed by atoms with Crippen LogP contribution in [0.15, 0.2) is 29.3 Å². The molecule has 3 rings (SSSR count). The zero-order valence-corrected chi connectivity index (χ0v) is 14.5. The first-order chi connectivity index (χ1) is 11.4. The lowest BCUT2D eigenvalue weighted by atomic mass is 10.00. The first-order valence-electron chi connectivity index (χ1n) is 7.33. The molecule has 0 atom stereocenters. The molecule has 0 radical (unpaired) electrons. The van der Waals surface area contributed by atoms with Crippen molar-refractivity contribution in [2.45, 2.75) is 24.2 Å². The molecule has 1 N–H and O–H groups in total. The van der Waals surface area contributed by atoms with Crippen molar-refractivity contribution >= 4 is 33.3 Å². The van der Waals surface area contributed by atoms with E-state index in [1.165, 1.54) is 17.6 Å². The number of ether oxygens (including phenoxy) is 1. The lowest BCUT2D eigenvalue weighted by Crippen LogP contribution is -2.35. The van der Waals surface area contributed by atoms with Gasteiger partial charge in [0.1, 0.15) is 10.0 Å². The highest BCUT2D eigenvalue weighted by molar-refractivity contribution is 7.93. The molecule has 0 fully saturated rings. The van der Waals surface area contributed by atoms with Gasteiger partial charge in [-0.25, -0.2) is 8.42 Å². The van der Waals surface area contributed by atoms with Crippen LogP contribution < -0.4 is 4.31 Å². The molecule has 9 heteroatoms. The smallest absolute Gasteiger partial charge is 0.309 e. The van der Waals surface area contributed by atoms with Gasteiger partial charge in [-0.15, -0.1) is 0 Å². The number of aryl methyl sites for hydroxylation is 1. The molecule has 1 aliphatic heterocycles. The molecule has 1 aromatic carbocycles. The number of hydrogen-bond donors (Lipinski definition) is 1. The summed E-state index contributed by atoms with van der Waals surface area (Å²) in [5, 5.41) is 6.09. The molecule has 24 heavy (non-hydrogen) atoms. The van der Waals surface area contributed by atoms with Crippen LogP contribution in [0.25, 0.3) is 0 Å². The molecular weight excluding hydrogens is 354 g/mol. The predicted octanol–water partition coefficient (Wildman–Crippen LogP) is 1.92. The van der Waals surface area contributed by atoms with Gasteiger partial charge in [0.2, 0.25) is 0 Å². The third-order valence-corrected chi connectivity index (χ3v) is 6.16. The van der Waals surface area contributed by atoms with Crippen molar-refractivity contribution in [3.8, 4) is 0 Å². The van der Waals surface area contributed by atoms with Crippen LogP contribution in [0.1, 0.15) is 17.5 Å². The van der Waals surface area contributed by atoms with Crippen molar-refractivity contribution in [3.05, 3.63) is 40.7 Å². The van der Waals surface area contributed by atoms with Gasteiger partial charge in [0.05, 0.1) is 25.4 Å². The summed E-state index contributed by atoms with van der Waals surface area (Å²) in [6.07, 6.45) is 2.77. The molecule has 2 heterocycles. The molecule has 0 amide bonds. The molecule has 0 saturated heterocycles. The van der Waals surface area contributed by atoms with E-state index >= 15 is 0 Å². The van der Waals surface area contributed by atoms with Crippen LogP contribution in [0.4, 0.5) is 5.69 Å². The van der Waals surface area contributed by atoms with E-state index < -0.39 is 10.0 Å². The Balaban J connectivity index is 2.03. The maximum Gasteiger partial charge on any atom is 0.309 e. The number of fused-ring (bicyclic) bond motifs is 1. The number of carbonyl (C=O) groups is 1. The van der Waals surface area contributed by atoms with Gasteiger partial charge in [-0.3, -0.25) is 14.2 Å². The lowest BCUT2D eigenvalue weighted by Gasteiger charge is -2.30. The Morgan fingerprint density at radius 1 is 1.46 bits per heavy atom. The number of aromatic nitrogens is 2. The maximum absolute atomic E-state index is 12.9. The number of H-pyrrole nitrogens is 1. The van der Waals surface area contributed by atoms with Crippen molar-refractivity contribution in [2.24, 2.45) is 0 Å². The lowest BCUT2D eigenvalue weighted by molar-refractivity contribution is -0.139. The molecule has 1 aliphatic rings. The second kappa shape index (κ2) is 6.45. The monoisotopic (exact) mass is 369 g/mol. The van der Waals surface area contributed by atoms with E-state index in [0.29, 0.717) is 24.2 Å². The number of methoxy groups -OCH3 is 1. The van der Waals surface area contributed by atoms with E-state index in [9.17, 15) is 13.2 Å². The molecule has 0 bridgehead atoms. The molecule has 0 aliphatic carbocycles. The molecule has 7 nitrogen and oxygen atoms in total. The number of nitrogens with one attached hydrogen (secondary N) is 1. The van der Waals surface area contributed by atoms with E-state index in [0.717, 1.165) is 12.0 Å². The summed E-state index contributed by atoms with van der Waals surface area (Å²) >= 11 is 5.90. The number of nitrogens with zero attached hydrogens (tertiary/aromatic N) is 2. The van der Waals surface area contributed by atoms with E-state index in [1.54, 1.807) is 6.07 Å². The number of benzene rings is 1. The summed E-state index contributed by atoms with van der Waals surface area (Å²) in [4.78, 5) is 11.4. The van der Waals surface area contributed by atoms with Crippen LogP contribution in [0.5, 0.6) is 0 Å². The molecule has 2 aromatic rings. The molecule has 0 saturated carbocycles. The number of halogens is 1.